The van der Waals surface area contributed by atoms with E-state index in [4.69, 9.17) is 38.1 Å². The molecule has 0 amide bonds. The van der Waals surface area contributed by atoms with Gasteiger partial charge in [0.2, 0.25) is 5.62 Å². The minimum atomic E-state index is 0. The number of rotatable bonds is 9. The van der Waals surface area contributed by atoms with Gasteiger partial charge in [-0.2, -0.15) is 0 Å². The van der Waals surface area contributed by atoms with Crippen molar-refractivity contribution in [2.75, 3.05) is 13.2 Å². The standard InChI is InChI=1S/C24H23Cl2N3O2.ClH/c25-18-9-11-20(12-10-18)30-15-4-13-28-22-7-1-2-8-23(22)29(24(28)27)14-16-31-21-6-3-5-19(26)17-21;/h1-3,5-12,17,27H,4,13-16H2;1H. The van der Waals surface area contributed by atoms with E-state index in [1.165, 1.54) is 0 Å². The smallest absolute Gasteiger partial charge is 0.203 e. The third-order valence-electron chi connectivity index (χ3n) is 4.96. The topological polar surface area (TPSA) is 52.2 Å². The van der Waals surface area contributed by atoms with Crippen LogP contribution in [0.3, 0.4) is 0 Å². The van der Waals surface area contributed by atoms with E-state index in [1.54, 1.807) is 6.07 Å². The van der Waals surface area contributed by atoms with Gasteiger partial charge in [0.05, 0.1) is 24.2 Å². The van der Waals surface area contributed by atoms with Crippen LogP contribution in [0, 0.1) is 5.41 Å². The summed E-state index contributed by atoms with van der Waals surface area (Å²) in [5.74, 6) is 1.52. The molecule has 1 N–H and O–H groups in total. The molecule has 0 aliphatic rings. The van der Waals surface area contributed by atoms with E-state index < -0.39 is 0 Å². The lowest BCUT2D eigenvalue weighted by molar-refractivity contribution is 0.292. The quantitative estimate of drug-likeness (QED) is 0.283. The van der Waals surface area contributed by atoms with Crippen molar-refractivity contribution < 1.29 is 9.47 Å². The van der Waals surface area contributed by atoms with Crippen LogP contribution in [0.4, 0.5) is 0 Å². The van der Waals surface area contributed by atoms with Crippen LogP contribution in [0.1, 0.15) is 6.42 Å². The zero-order chi connectivity index (χ0) is 21.6. The molecule has 0 saturated heterocycles. The Bertz CT molecular complexity index is 1220. The Kier molecular flexibility index (Phi) is 8.51. The minimum Gasteiger partial charge on any atom is -0.494 e. The number of hydrogen-bond donors (Lipinski definition) is 1. The molecule has 0 radical (unpaired) electrons. The largest absolute Gasteiger partial charge is 0.494 e. The maximum absolute atomic E-state index is 8.71. The Balaban J connectivity index is 0.00000289. The molecule has 3 aromatic carbocycles. The number of hydrogen-bond acceptors (Lipinski definition) is 3. The number of nitrogens with one attached hydrogen (secondary N) is 1. The molecule has 0 atom stereocenters. The predicted octanol–water partition coefficient (Wildman–Crippen LogP) is 6.20. The average molecular weight is 493 g/mol. The van der Waals surface area contributed by atoms with Gasteiger partial charge in [0.15, 0.2) is 0 Å². The number of imidazole rings is 1. The van der Waals surface area contributed by atoms with Gasteiger partial charge in [-0.15, -0.1) is 12.4 Å². The number of aryl methyl sites for hydroxylation is 1. The number of benzene rings is 3. The fraction of sp³-hybridized carbons (Fsp3) is 0.208. The summed E-state index contributed by atoms with van der Waals surface area (Å²) in [6.07, 6.45) is 0.784. The number of aromatic nitrogens is 2. The summed E-state index contributed by atoms with van der Waals surface area (Å²) in [6.45, 7) is 2.27. The van der Waals surface area contributed by atoms with Crippen LogP contribution in [0.15, 0.2) is 72.8 Å². The van der Waals surface area contributed by atoms with Crippen LogP contribution in [-0.4, -0.2) is 22.3 Å². The molecule has 1 heterocycles. The Morgan fingerprint density at radius 1 is 0.688 bits per heavy atom. The van der Waals surface area contributed by atoms with Crippen molar-refractivity contribution in [3.8, 4) is 11.5 Å². The van der Waals surface area contributed by atoms with E-state index >= 15 is 0 Å². The molecule has 8 heteroatoms. The summed E-state index contributed by atoms with van der Waals surface area (Å²) in [5, 5.41) is 10.0. The van der Waals surface area contributed by atoms with Crippen molar-refractivity contribution in [2.45, 2.75) is 19.5 Å². The number of ether oxygens (including phenoxy) is 2. The third-order valence-corrected chi connectivity index (χ3v) is 5.45. The molecule has 4 rings (SSSR count). The first-order valence-corrected chi connectivity index (χ1v) is 10.9. The van der Waals surface area contributed by atoms with Gasteiger partial charge in [0.25, 0.3) is 0 Å². The fourth-order valence-corrected chi connectivity index (χ4v) is 3.81. The van der Waals surface area contributed by atoms with E-state index in [-0.39, 0.29) is 12.4 Å². The van der Waals surface area contributed by atoms with Crippen molar-refractivity contribution in [1.82, 2.24) is 9.13 Å². The van der Waals surface area contributed by atoms with Gasteiger partial charge in [-0.3, -0.25) is 5.41 Å². The van der Waals surface area contributed by atoms with Gasteiger partial charge in [0, 0.05) is 16.6 Å². The lowest BCUT2D eigenvalue weighted by Crippen LogP contribution is -2.27. The van der Waals surface area contributed by atoms with Crippen molar-refractivity contribution >= 4 is 46.6 Å². The molecule has 1 aromatic heterocycles. The first-order chi connectivity index (χ1) is 15.1. The number of nitrogens with zero attached hydrogens (tertiary/aromatic N) is 2. The summed E-state index contributed by atoms with van der Waals surface area (Å²) in [4.78, 5) is 0. The normalized spacial score (nSPS) is 10.7. The molecule has 0 spiro atoms. The number of halogens is 3. The van der Waals surface area contributed by atoms with E-state index in [9.17, 15) is 0 Å². The number of fused-ring (bicyclic) bond motifs is 1. The van der Waals surface area contributed by atoms with Crippen molar-refractivity contribution in [3.63, 3.8) is 0 Å². The summed E-state index contributed by atoms with van der Waals surface area (Å²) < 4.78 is 15.6. The molecule has 168 valence electrons. The summed E-state index contributed by atoms with van der Waals surface area (Å²) >= 11 is 11.9. The van der Waals surface area contributed by atoms with Crippen molar-refractivity contribution in [2.24, 2.45) is 0 Å². The highest BCUT2D eigenvalue weighted by Gasteiger charge is 2.10. The number of para-hydroxylation sites is 2. The molecule has 32 heavy (non-hydrogen) atoms. The highest BCUT2D eigenvalue weighted by atomic mass is 35.5. The Morgan fingerprint density at radius 3 is 2.03 bits per heavy atom. The zero-order valence-electron chi connectivity index (χ0n) is 17.3. The summed E-state index contributed by atoms with van der Waals surface area (Å²) in [6, 6.07) is 22.7. The van der Waals surface area contributed by atoms with Crippen LogP contribution in [-0.2, 0) is 13.1 Å². The van der Waals surface area contributed by atoms with Gasteiger partial charge in [-0.1, -0.05) is 41.4 Å². The SMILES string of the molecule is Cl.N=c1n(CCCOc2ccc(Cl)cc2)c2ccccc2n1CCOc1cccc(Cl)c1. The van der Waals surface area contributed by atoms with Crippen LogP contribution >= 0.6 is 35.6 Å². The molecule has 5 nitrogen and oxygen atoms in total. The fourth-order valence-electron chi connectivity index (χ4n) is 3.50. The molecule has 0 saturated carbocycles. The Hall–Kier alpha value is -2.60. The Labute approximate surface area is 203 Å². The van der Waals surface area contributed by atoms with Crippen molar-refractivity contribution in [1.29, 1.82) is 5.41 Å². The predicted molar refractivity (Wildman–Crippen MR) is 132 cm³/mol. The molecular weight excluding hydrogens is 469 g/mol. The van der Waals surface area contributed by atoms with E-state index in [0.717, 1.165) is 29.0 Å². The maximum Gasteiger partial charge on any atom is 0.203 e. The highest BCUT2D eigenvalue weighted by molar-refractivity contribution is 6.30. The summed E-state index contributed by atoms with van der Waals surface area (Å²) in [5.41, 5.74) is 2.49. The molecular formula is C24H24Cl3N3O2. The molecule has 0 unspecified atom stereocenters. The first-order valence-electron chi connectivity index (χ1n) is 10.1. The van der Waals surface area contributed by atoms with Crippen LogP contribution in [0.25, 0.3) is 11.0 Å². The highest BCUT2D eigenvalue weighted by Crippen LogP contribution is 2.18. The molecule has 0 bridgehead atoms. The molecule has 0 fully saturated rings. The second-order valence-electron chi connectivity index (χ2n) is 7.08. The third kappa shape index (κ3) is 5.80. The van der Waals surface area contributed by atoms with Crippen LogP contribution < -0.4 is 15.1 Å². The van der Waals surface area contributed by atoms with Crippen LogP contribution in [0.5, 0.6) is 11.5 Å². The lowest BCUT2D eigenvalue weighted by Gasteiger charge is -2.09. The maximum atomic E-state index is 8.71. The monoisotopic (exact) mass is 491 g/mol. The van der Waals surface area contributed by atoms with Gasteiger partial charge in [-0.25, -0.2) is 0 Å². The van der Waals surface area contributed by atoms with Gasteiger partial charge >= 0.3 is 0 Å². The second-order valence-corrected chi connectivity index (χ2v) is 7.95. The van der Waals surface area contributed by atoms with Crippen molar-refractivity contribution in [3.05, 3.63) is 88.5 Å². The van der Waals surface area contributed by atoms with E-state index in [0.29, 0.717) is 42.0 Å². The van der Waals surface area contributed by atoms with Gasteiger partial charge in [-0.05, 0) is 61.0 Å². The zero-order valence-corrected chi connectivity index (χ0v) is 19.7. The Morgan fingerprint density at radius 2 is 1.34 bits per heavy atom. The van der Waals surface area contributed by atoms with E-state index in [1.807, 2.05) is 75.9 Å². The van der Waals surface area contributed by atoms with E-state index in [2.05, 4.69) is 0 Å². The van der Waals surface area contributed by atoms with Gasteiger partial charge in [0.1, 0.15) is 18.1 Å². The van der Waals surface area contributed by atoms with Crippen LogP contribution in [0.2, 0.25) is 10.0 Å². The summed E-state index contributed by atoms with van der Waals surface area (Å²) in [7, 11) is 0. The second kappa shape index (κ2) is 11.3. The first kappa shape index (κ1) is 24.1. The molecule has 0 aliphatic carbocycles. The molecule has 0 aliphatic heterocycles. The molecule has 4 aromatic rings. The average Bonchev–Trinajstić information content (AvgIpc) is 3.04. The van der Waals surface area contributed by atoms with Gasteiger partial charge < -0.3 is 18.6 Å². The lowest BCUT2D eigenvalue weighted by atomic mass is 10.3. The minimum absolute atomic E-state index is 0.